The quantitative estimate of drug-likeness (QED) is 0.703. The van der Waals surface area contributed by atoms with Crippen molar-refractivity contribution < 1.29 is 21.8 Å². The minimum absolute atomic E-state index is 0.0771. The van der Waals surface area contributed by atoms with Crippen molar-refractivity contribution >= 4 is 10.1 Å². The number of hydrogen-bond donors (Lipinski definition) is 0. The van der Waals surface area contributed by atoms with E-state index in [-0.39, 0.29) is 5.92 Å². The van der Waals surface area contributed by atoms with Gasteiger partial charge in [0.25, 0.3) is 5.92 Å². The average molecular weight is 239 g/mol. The number of rotatable bonds is 3. The standard InChI is InChI=1S/C9H14F2O3S/c10-9(11,5-15(12,13)14)8-4-6-1-2-7(8)3-6/h6-8H,1-5H2,(H,12,13,14)/p-1. The van der Waals surface area contributed by atoms with Crippen LogP contribution in [-0.2, 0) is 10.1 Å². The highest BCUT2D eigenvalue weighted by Crippen LogP contribution is 2.53. The molecule has 0 aromatic rings. The SMILES string of the molecule is O=S(=O)([O-])CC(F)(F)C1CC2CCC1C2. The first-order chi connectivity index (χ1) is 6.78. The van der Waals surface area contributed by atoms with E-state index in [9.17, 15) is 21.8 Å². The smallest absolute Gasteiger partial charge is 0.263 e. The lowest BCUT2D eigenvalue weighted by atomic mass is 9.85. The fourth-order valence-corrected chi connectivity index (χ4v) is 3.79. The van der Waals surface area contributed by atoms with Crippen LogP contribution in [0.5, 0.6) is 0 Å². The van der Waals surface area contributed by atoms with Crippen LogP contribution >= 0.6 is 0 Å². The van der Waals surface area contributed by atoms with E-state index in [1.807, 2.05) is 0 Å². The van der Waals surface area contributed by atoms with Crippen molar-refractivity contribution in [2.75, 3.05) is 5.75 Å². The molecule has 0 aromatic heterocycles. The van der Waals surface area contributed by atoms with Gasteiger partial charge in [0.15, 0.2) is 0 Å². The molecule has 15 heavy (non-hydrogen) atoms. The zero-order valence-corrected chi connectivity index (χ0v) is 8.97. The second-order valence-corrected chi connectivity index (χ2v) is 6.15. The van der Waals surface area contributed by atoms with Crippen molar-refractivity contribution in [2.24, 2.45) is 17.8 Å². The Labute approximate surface area is 87.6 Å². The van der Waals surface area contributed by atoms with E-state index in [1.54, 1.807) is 0 Å². The molecule has 0 saturated heterocycles. The van der Waals surface area contributed by atoms with Crippen LogP contribution in [0.4, 0.5) is 8.78 Å². The Bertz CT molecular complexity index is 352. The zero-order valence-electron chi connectivity index (χ0n) is 8.16. The Morgan fingerprint density at radius 1 is 1.27 bits per heavy atom. The number of fused-ring (bicyclic) bond motifs is 2. The molecular formula is C9H13F2O3S-. The van der Waals surface area contributed by atoms with E-state index in [1.165, 1.54) is 0 Å². The van der Waals surface area contributed by atoms with E-state index in [4.69, 9.17) is 0 Å². The van der Waals surface area contributed by atoms with E-state index >= 15 is 0 Å². The van der Waals surface area contributed by atoms with Crippen molar-refractivity contribution in [1.82, 2.24) is 0 Å². The molecule has 0 amide bonds. The van der Waals surface area contributed by atoms with Gasteiger partial charge < -0.3 is 4.55 Å². The molecule has 88 valence electrons. The summed E-state index contributed by atoms with van der Waals surface area (Å²) in [6.45, 7) is 0. The van der Waals surface area contributed by atoms with E-state index in [0.717, 1.165) is 19.3 Å². The predicted molar refractivity (Wildman–Crippen MR) is 48.4 cm³/mol. The molecular weight excluding hydrogens is 226 g/mol. The predicted octanol–water partition coefficient (Wildman–Crippen LogP) is 1.60. The third kappa shape index (κ3) is 2.30. The van der Waals surface area contributed by atoms with Gasteiger partial charge in [-0.1, -0.05) is 6.42 Å². The van der Waals surface area contributed by atoms with Gasteiger partial charge in [0.2, 0.25) is 0 Å². The minimum atomic E-state index is -4.84. The first kappa shape index (κ1) is 11.3. The van der Waals surface area contributed by atoms with E-state index in [2.05, 4.69) is 0 Å². The van der Waals surface area contributed by atoms with Crippen molar-refractivity contribution in [1.29, 1.82) is 0 Å². The molecule has 0 heterocycles. The molecule has 0 spiro atoms. The highest BCUT2D eigenvalue weighted by atomic mass is 32.2. The number of hydrogen-bond acceptors (Lipinski definition) is 3. The largest absolute Gasteiger partial charge is 0.748 e. The molecule has 0 aromatic carbocycles. The topological polar surface area (TPSA) is 57.2 Å². The van der Waals surface area contributed by atoms with Crippen LogP contribution in [0.2, 0.25) is 0 Å². The maximum Gasteiger partial charge on any atom is 0.263 e. The monoisotopic (exact) mass is 239 g/mol. The van der Waals surface area contributed by atoms with Gasteiger partial charge in [-0.3, -0.25) is 0 Å². The van der Waals surface area contributed by atoms with Gasteiger partial charge >= 0.3 is 0 Å². The molecule has 3 atom stereocenters. The molecule has 0 aliphatic heterocycles. The fourth-order valence-electron chi connectivity index (χ4n) is 3.10. The summed E-state index contributed by atoms with van der Waals surface area (Å²) < 4.78 is 58.1. The summed E-state index contributed by atoms with van der Waals surface area (Å²) in [6, 6.07) is 0. The summed E-state index contributed by atoms with van der Waals surface area (Å²) >= 11 is 0. The van der Waals surface area contributed by atoms with Gasteiger partial charge in [-0.2, -0.15) is 0 Å². The third-order valence-electron chi connectivity index (χ3n) is 3.65. The lowest BCUT2D eigenvalue weighted by Gasteiger charge is -2.30. The molecule has 0 N–H and O–H groups in total. The summed E-state index contributed by atoms with van der Waals surface area (Å²) in [5.74, 6) is -5.51. The van der Waals surface area contributed by atoms with Crippen molar-refractivity contribution in [3.8, 4) is 0 Å². The number of alkyl halides is 2. The Kier molecular flexibility index (Phi) is 2.54. The van der Waals surface area contributed by atoms with Gasteiger partial charge in [0.1, 0.15) is 15.9 Å². The highest BCUT2D eigenvalue weighted by molar-refractivity contribution is 7.85. The zero-order chi connectivity index (χ0) is 11.3. The lowest BCUT2D eigenvalue weighted by molar-refractivity contribution is -0.0581. The molecule has 0 radical (unpaired) electrons. The Morgan fingerprint density at radius 3 is 2.33 bits per heavy atom. The van der Waals surface area contributed by atoms with Crippen LogP contribution in [0.3, 0.4) is 0 Å². The van der Waals surface area contributed by atoms with E-state index in [0.29, 0.717) is 12.3 Å². The van der Waals surface area contributed by atoms with Crippen LogP contribution in [0.25, 0.3) is 0 Å². The average Bonchev–Trinajstić information content (AvgIpc) is 2.58. The summed E-state index contributed by atoms with van der Waals surface area (Å²) in [5, 5.41) is 0. The molecule has 2 fully saturated rings. The van der Waals surface area contributed by atoms with E-state index < -0.39 is 27.7 Å². The number of halogens is 2. The Morgan fingerprint density at radius 2 is 1.93 bits per heavy atom. The first-order valence-corrected chi connectivity index (χ1v) is 6.67. The van der Waals surface area contributed by atoms with Crippen molar-refractivity contribution in [3.05, 3.63) is 0 Å². The Hall–Kier alpha value is -0.230. The molecule has 2 bridgehead atoms. The molecule has 3 nitrogen and oxygen atoms in total. The van der Waals surface area contributed by atoms with Gasteiger partial charge in [0, 0.05) is 5.92 Å². The fraction of sp³-hybridized carbons (Fsp3) is 1.00. The molecule has 6 heteroatoms. The van der Waals surface area contributed by atoms with Crippen molar-refractivity contribution in [3.63, 3.8) is 0 Å². The first-order valence-electron chi connectivity index (χ1n) is 5.09. The van der Waals surface area contributed by atoms with Crippen LogP contribution in [-0.4, -0.2) is 24.6 Å². The van der Waals surface area contributed by atoms with Crippen LogP contribution in [0.1, 0.15) is 25.7 Å². The van der Waals surface area contributed by atoms with Gasteiger partial charge in [-0.05, 0) is 31.1 Å². The summed E-state index contributed by atoms with van der Waals surface area (Å²) in [7, 11) is -4.84. The maximum absolute atomic E-state index is 13.5. The van der Waals surface area contributed by atoms with Crippen molar-refractivity contribution in [2.45, 2.75) is 31.6 Å². The molecule has 3 unspecified atom stereocenters. The van der Waals surface area contributed by atoms with Crippen LogP contribution in [0, 0.1) is 17.8 Å². The minimum Gasteiger partial charge on any atom is -0.748 e. The maximum atomic E-state index is 13.5. The van der Waals surface area contributed by atoms with Gasteiger partial charge in [-0.15, -0.1) is 0 Å². The molecule has 2 aliphatic carbocycles. The molecule has 2 saturated carbocycles. The summed E-state index contributed by atoms with van der Waals surface area (Å²) in [5.41, 5.74) is 0. The second-order valence-electron chi connectivity index (χ2n) is 4.74. The molecule has 2 rings (SSSR count). The second kappa shape index (κ2) is 3.38. The van der Waals surface area contributed by atoms with Gasteiger partial charge in [-0.25, -0.2) is 17.2 Å². The normalized spacial score (nSPS) is 36.1. The third-order valence-corrected chi connectivity index (χ3v) is 4.39. The van der Waals surface area contributed by atoms with Crippen LogP contribution < -0.4 is 0 Å². The summed E-state index contributed by atoms with van der Waals surface area (Å²) in [4.78, 5) is 0. The highest BCUT2D eigenvalue weighted by Gasteiger charge is 2.52. The van der Waals surface area contributed by atoms with Gasteiger partial charge in [0.05, 0.1) is 0 Å². The Balaban J connectivity index is 2.09. The summed E-state index contributed by atoms with van der Waals surface area (Å²) in [6.07, 6.45) is 2.89. The molecule has 2 aliphatic rings. The van der Waals surface area contributed by atoms with Crippen LogP contribution in [0.15, 0.2) is 0 Å². The lowest BCUT2D eigenvalue weighted by Crippen LogP contribution is -2.38.